The maximum Gasteiger partial charge on any atom is 0.242 e. The van der Waals surface area contributed by atoms with E-state index in [0.29, 0.717) is 22.3 Å². The first-order valence-electron chi connectivity index (χ1n) is 10.1. The molecule has 0 bridgehead atoms. The van der Waals surface area contributed by atoms with Crippen LogP contribution in [0.15, 0.2) is 42.5 Å². The van der Waals surface area contributed by atoms with Crippen LogP contribution in [0.1, 0.15) is 44.4 Å². The molecule has 0 fully saturated rings. The summed E-state index contributed by atoms with van der Waals surface area (Å²) < 4.78 is 0. The Morgan fingerprint density at radius 2 is 1.77 bits per heavy atom. The molecule has 0 saturated carbocycles. The van der Waals surface area contributed by atoms with Crippen LogP contribution in [0, 0.1) is 6.92 Å². The van der Waals surface area contributed by atoms with Crippen LogP contribution in [0.4, 0.5) is 0 Å². The zero-order chi connectivity index (χ0) is 23.2. The summed E-state index contributed by atoms with van der Waals surface area (Å²) in [5.74, 6) is 0.647. The molecule has 2 amide bonds. The molecule has 31 heavy (non-hydrogen) atoms. The second kappa shape index (κ2) is 11.3. The average molecular weight is 481 g/mol. The van der Waals surface area contributed by atoms with Gasteiger partial charge in [0.15, 0.2) is 0 Å². The van der Waals surface area contributed by atoms with Crippen molar-refractivity contribution in [3.05, 3.63) is 69.2 Å². The fraction of sp³-hybridized carbons (Fsp3) is 0.417. The van der Waals surface area contributed by atoms with E-state index in [4.69, 9.17) is 23.2 Å². The van der Waals surface area contributed by atoms with E-state index in [1.807, 2.05) is 64.1 Å². The molecule has 2 rings (SSSR count). The summed E-state index contributed by atoms with van der Waals surface area (Å²) in [6.45, 7) is 9.95. The molecule has 0 aliphatic carbocycles. The first-order valence-corrected chi connectivity index (χ1v) is 12.1. The fourth-order valence-electron chi connectivity index (χ4n) is 3.03. The molecule has 0 spiro atoms. The molecule has 4 nitrogen and oxygen atoms in total. The summed E-state index contributed by atoms with van der Waals surface area (Å²) in [4.78, 5) is 27.6. The van der Waals surface area contributed by atoms with Gasteiger partial charge in [0.05, 0.1) is 15.8 Å². The van der Waals surface area contributed by atoms with E-state index in [1.165, 1.54) is 11.8 Å². The van der Waals surface area contributed by atoms with E-state index < -0.39 is 6.04 Å². The Balaban J connectivity index is 2.10. The second-order valence-electron chi connectivity index (χ2n) is 8.67. The third-order valence-electron chi connectivity index (χ3n) is 4.58. The molecule has 0 aliphatic heterocycles. The van der Waals surface area contributed by atoms with Crippen molar-refractivity contribution in [2.75, 3.05) is 5.75 Å². The molecule has 0 aliphatic rings. The summed E-state index contributed by atoms with van der Waals surface area (Å²) in [6.07, 6.45) is 0. The Hall–Kier alpha value is -1.69. The lowest BCUT2D eigenvalue weighted by Gasteiger charge is -2.31. The minimum absolute atomic E-state index is 0.0804. The number of benzene rings is 2. The Bertz CT molecular complexity index is 928. The predicted octanol–water partition coefficient (Wildman–Crippen LogP) is 5.87. The maximum absolute atomic E-state index is 13.1. The molecule has 0 aromatic heterocycles. The summed E-state index contributed by atoms with van der Waals surface area (Å²) in [6, 6.07) is 12.9. The fourth-order valence-corrected chi connectivity index (χ4v) is 4.21. The van der Waals surface area contributed by atoms with Gasteiger partial charge < -0.3 is 10.2 Å². The molecule has 2 aromatic rings. The third-order valence-corrected chi connectivity index (χ3v) is 6.31. The van der Waals surface area contributed by atoms with Crippen LogP contribution in [0.25, 0.3) is 0 Å². The van der Waals surface area contributed by atoms with Gasteiger partial charge in [-0.15, -0.1) is 11.8 Å². The van der Waals surface area contributed by atoms with Crippen molar-refractivity contribution in [2.45, 2.75) is 58.5 Å². The monoisotopic (exact) mass is 480 g/mol. The van der Waals surface area contributed by atoms with Crippen molar-refractivity contribution in [3.63, 3.8) is 0 Å². The highest BCUT2D eigenvalue weighted by atomic mass is 35.5. The zero-order valence-corrected chi connectivity index (χ0v) is 21.0. The van der Waals surface area contributed by atoms with Gasteiger partial charge in [0.25, 0.3) is 0 Å². The number of nitrogens with one attached hydrogen (secondary N) is 1. The molecule has 0 heterocycles. The number of carbonyl (C=O) groups excluding carboxylic acids is 2. The van der Waals surface area contributed by atoms with Gasteiger partial charge in [0, 0.05) is 17.8 Å². The first kappa shape index (κ1) is 25.6. The molecule has 0 saturated heterocycles. The quantitative estimate of drug-likeness (QED) is 0.513. The lowest BCUT2D eigenvalue weighted by atomic mass is 10.1. The number of hydrogen-bond acceptors (Lipinski definition) is 3. The van der Waals surface area contributed by atoms with Crippen LogP contribution in [-0.2, 0) is 21.9 Å². The van der Waals surface area contributed by atoms with Crippen molar-refractivity contribution in [3.8, 4) is 0 Å². The number of aryl methyl sites for hydroxylation is 1. The molecule has 168 valence electrons. The summed E-state index contributed by atoms with van der Waals surface area (Å²) >= 11 is 13.5. The second-order valence-corrected chi connectivity index (χ2v) is 10.5. The molecule has 0 radical (unpaired) electrons. The standard InChI is InChI=1S/C24H30Cl2N2O2S/c1-16-7-6-8-18(11-16)13-28(17(2)23(30)27-24(3,4)5)22(29)15-31-14-19-9-10-20(25)21(26)12-19/h6-12,17H,13-15H2,1-5H3,(H,27,30). The van der Waals surface area contributed by atoms with E-state index in [1.54, 1.807) is 17.9 Å². The van der Waals surface area contributed by atoms with Gasteiger partial charge >= 0.3 is 0 Å². The van der Waals surface area contributed by atoms with Crippen LogP contribution in [0.5, 0.6) is 0 Å². The highest BCUT2D eigenvalue weighted by Crippen LogP contribution is 2.25. The average Bonchev–Trinajstić information content (AvgIpc) is 2.67. The van der Waals surface area contributed by atoms with Crippen LogP contribution in [0.3, 0.4) is 0 Å². The largest absolute Gasteiger partial charge is 0.350 e. The van der Waals surface area contributed by atoms with E-state index in [9.17, 15) is 9.59 Å². The van der Waals surface area contributed by atoms with Gasteiger partial charge in [-0.2, -0.15) is 0 Å². The molecule has 7 heteroatoms. The Morgan fingerprint density at radius 3 is 2.39 bits per heavy atom. The van der Waals surface area contributed by atoms with E-state index in [2.05, 4.69) is 5.32 Å². The van der Waals surface area contributed by atoms with Crippen molar-refractivity contribution >= 4 is 46.8 Å². The number of halogens is 2. The highest BCUT2D eigenvalue weighted by Gasteiger charge is 2.28. The minimum atomic E-state index is -0.585. The van der Waals surface area contributed by atoms with Crippen LogP contribution < -0.4 is 5.32 Å². The van der Waals surface area contributed by atoms with Crippen molar-refractivity contribution in [1.82, 2.24) is 10.2 Å². The van der Waals surface area contributed by atoms with Gasteiger partial charge in [-0.3, -0.25) is 9.59 Å². The zero-order valence-electron chi connectivity index (χ0n) is 18.7. The minimum Gasteiger partial charge on any atom is -0.350 e. The molecule has 1 unspecified atom stereocenters. The van der Waals surface area contributed by atoms with E-state index in [0.717, 1.165) is 16.7 Å². The molecule has 2 aromatic carbocycles. The maximum atomic E-state index is 13.1. The van der Waals surface area contributed by atoms with Crippen LogP contribution >= 0.6 is 35.0 Å². The van der Waals surface area contributed by atoms with E-state index >= 15 is 0 Å². The third kappa shape index (κ3) is 8.40. The summed E-state index contributed by atoms with van der Waals surface area (Å²) in [5.41, 5.74) is 2.74. The number of amides is 2. The van der Waals surface area contributed by atoms with Gasteiger partial charge in [-0.25, -0.2) is 0 Å². The topological polar surface area (TPSA) is 49.4 Å². The first-order chi connectivity index (χ1) is 14.5. The Labute approximate surface area is 199 Å². The van der Waals surface area contributed by atoms with E-state index in [-0.39, 0.29) is 23.1 Å². The number of rotatable bonds is 8. The highest BCUT2D eigenvalue weighted by molar-refractivity contribution is 7.99. The molecular weight excluding hydrogens is 451 g/mol. The predicted molar refractivity (Wildman–Crippen MR) is 132 cm³/mol. The van der Waals surface area contributed by atoms with Crippen molar-refractivity contribution in [2.24, 2.45) is 0 Å². The SMILES string of the molecule is Cc1cccc(CN(C(=O)CSCc2ccc(Cl)c(Cl)c2)C(C)C(=O)NC(C)(C)C)c1. The van der Waals surface area contributed by atoms with Gasteiger partial charge in [-0.05, 0) is 57.9 Å². The number of carbonyl (C=O) groups is 2. The van der Waals surface area contributed by atoms with Gasteiger partial charge in [0.2, 0.25) is 11.8 Å². The van der Waals surface area contributed by atoms with Crippen molar-refractivity contribution in [1.29, 1.82) is 0 Å². The molecule has 1 atom stereocenters. The van der Waals surface area contributed by atoms with Crippen LogP contribution in [-0.4, -0.2) is 34.0 Å². The van der Waals surface area contributed by atoms with Crippen LogP contribution in [0.2, 0.25) is 10.0 Å². The Kier molecular flexibility index (Phi) is 9.28. The molecule has 1 N–H and O–H groups in total. The number of nitrogens with zero attached hydrogens (tertiary/aromatic N) is 1. The number of thioether (sulfide) groups is 1. The Morgan fingerprint density at radius 1 is 1.06 bits per heavy atom. The van der Waals surface area contributed by atoms with Crippen molar-refractivity contribution < 1.29 is 9.59 Å². The lowest BCUT2D eigenvalue weighted by Crippen LogP contribution is -2.52. The summed E-state index contributed by atoms with van der Waals surface area (Å²) in [5, 5.41) is 3.99. The normalized spacial score (nSPS) is 12.4. The lowest BCUT2D eigenvalue weighted by molar-refractivity contribution is -0.139. The summed E-state index contributed by atoms with van der Waals surface area (Å²) in [7, 11) is 0. The van der Waals surface area contributed by atoms with Gasteiger partial charge in [-0.1, -0.05) is 59.1 Å². The van der Waals surface area contributed by atoms with Gasteiger partial charge in [0.1, 0.15) is 6.04 Å². The molecular formula is C24H30Cl2N2O2S. The smallest absolute Gasteiger partial charge is 0.242 e. The number of hydrogen-bond donors (Lipinski definition) is 1.